The molecular weight excluding hydrogens is 410 g/mol. The van der Waals surface area contributed by atoms with Crippen LogP contribution < -0.4 is 9.64 Å². The van der Waals surface area contributed by atoms with Gasteiger partial charge in [0.05, 0.1) is 25.0 Å². The van der Waals surface area contributed by atoms with Crippen molar-refractivity contribution in [3.05, 3.63) is 58.7 Å². The maximum atomic E-state index is 12.1. The predicted molar refractivity (Wildman–Crippen MR) is 141 cm³/mol. The maximum Gasteiger partial charge on any atom is 0.337 e. The van der Waals surface area contributed by atoms with E-state index in [2.05, 4.69) is 64.7 Å². The Balaban J connectivity index is 2.90. The van der Waals surface area contributed by atoms with E-state index in [-0.39, 0.29) is 5.97 Å². The zero-order chi connectivity index (χ0) is 24.6. The lowest BCUT2D eigenvalue weighted by Gasteiger charge is -2.26. The fourth-order valence-electron chi connectivity index (χ4n) is 3.53. The molecule has 0 saturated carbocycles. The number of hydrogen-bond donors (Lipinski definition) is 0. The van der Waals surface area contributed by atoms with Gasteiger partial charge in [-0.25, -0.2) is 4.79 Å². The number of benzene rings is 1. The number of nitrogens with zero attached hydrogens (tertiary/aromatic N) is 1. The van der Waals surface area contributed by atoms with E-state index < -0.39 is 0 Å². The Bertz CT molecular complexity index is 816. The molecule has 0 spiro atoms. The summed E-state index contributed by atoms with van der Waals surface area (Å²) in [5.41, 5.74) is 5.73. The summed E-state index contributed by atoms with van der Waals surface area (Å²) in [4.78, 5) is 14.4. The molecule has 33 heavy (non-hydrogen) atoms. The molecule has 0 bridgehead atoms. The van der Waals surface area contributed by atoms with Crippen LogP contribution >= 0.6 is 0 Å². The van der Waals surface area contributed by atoms with Gasteiger partial charge in [0.2, 0.25) is 0 Å². The first kappa shape index (κ1) is 28.5. The summed E-state index contributed by atoms with van der Waals surface area (Å²) in [5, 5.41) is 0. The Morgan fingerprint density at radius 1 is 0.939 bits per heavy atom. The van der Waals surface area contributed by atoms with E-state index in [1.54, 1.807) is 6.07 Å². The summed E-state index contributed by atoms with van der Waals surface area (Å²) in [6, 6.07) is 5.56. The van der Waals surface area contributed by atoms with Crippen LogP contribution in [0.4, 0.5) is 5.69 Å². The van der Waals surface area contributed by atoms with Crippen molar-refractivity contribution in [1.29, 1.82) is 0 Å². The molecule has 4 heteroatoms. The first-order chi connectivity index (χ1) is 15.8. The molecule has 1 aromatic carbocycles. The highest BCUT2D eigenvalue weighted by atomic mass is 16.5. The third-order valence-electron chi connectivity index (χ3n) is 5.46. The molecule has 0 aliphatic carbocycles. The second-order valence-electron chi connectivity index (χ2n) is 8.93. The van der Waals surface area contributed by atoms with Gasteiger partial charge in [-0.2, -0.15) is 0 Å². The molecule has 0 amide bonds. The van der Waals surface area contributed by atoms with E-state index in [4.69, 9.17) is 9.47 Å². The van der Waals surface area contributed by atoms with Crippen LogP contribution in [0.5, 0.6) is 5.75 Å². The van der Waals surface area contributed by atoms with Gasteiger partial charge in [0.25, 0.3) is 0 Å². The van der Waals surface area contributed by atoms with E-state index in [9.17, 15) is 4.79 Å². The molecule has 4 nitrogen and oxygen atoms in total. The Kier molecular flexibility index (Phi) is 14.0. The molecule has 1 aromatic rings. The number of ether oxygens (including phenoxy) is 2. The van der Waals surface area contributed by atoms with Gasteiger partial charge in [-0.05, 0) is 84.4 Å². The molecule has 0 N–H and O–H groups in total. The van der Waals surface area contributed by atoms with Crippen LogP contribution in [0.1, 0.15) is 90.4 Å². The molecule has 184 valence electrons. The van der Waals surface area contributed by atoms with Crippen molar-refractivity contribution in [2.75, 3.05) is 31.7 Å². The van der Waals surface area contributed by atoms with Gasteiger partial charge in [-0.3, -0.25) is 0 Å². The van der Waals surface area contributed by atoms with Crippen LogP contribution in [0, 0.1) is 0 Å². The number of carbonyl (C=O) groups is 1. The summed E-state index contributed by atoms with van der Waals surface area (Å²) in [5.74, 6) is 0.493. The second-order valence-corrected chi connectivity index (χ2v) is 8.93. The smallest absolute Gasteiger partial charge is 0.337 e. The van der Waals surface area contributed by atoms with Gasteiger partial charge < -0.3 is 14.4 Å². The second kappa shape index (κ2) is 16.2. The van der Waals surface area contributed by atoms with Gasteiger partial charge in [0, 0.05) is 13.1 Å². The molecule has 0 atom stereocenters. The predicted octanol–water partition coefficient (Wildman–Crippen LogP) is 7.90. The SMILES string of the molecule is CCCOc1ccc(C(=O)OC)cc1N(C/C=C(\C)CC/C=C(\C)CCC=C(C)C)CCC. The Morgan fingerprint density at radius 2 is 1.61 bits per heavy atom. The summed E-state index contributed by atoms with van der Waals surface area (Å²) in [7, 11) is 1.41. The van der Waals surface area contributed by atoms with Crippen molar-refractivity contribution in [2.24, 2.45) is 0 Å². The molecule has 0 unspecified atom stereocenters. The lowest BCUT2D eigenvalue weighted by Crippen LogP contribution is -2.25. The van der Waals surface area contributed by atoms with Gasteiger partial charge >= 0.3 is 5.97 Å². The number of anilines is 1. The average molecular weight is 456 g/mol. The molecule has 0 fully saturated rings. The number of carbonyl (C=O) groups excluding carboxylic acids is 1. The quantitative estimate of drug-likeness (QED) is 0.199. The minimum absolute atomic E-state index is 0.326. The van der Waals surface area contributed by atoms with Crippen LogP contribution in [-0.4, -0.2) is 32.8 Å². The fraction of sp³-hybridized carbons (Fsp3) is 0.552. The molecule has 0 heterocycles. The highest BCUT2D eigenvalue weighted by molar-refractivity contribution is 5.91. The number of methoxy groups -OCH3 is 1. The molecule has 0 saturated heterocycles. The molecule has 0 aromatic heterocycles. The van der Waals surface area contributed by atoms with Crippen molar-refractivity contribution in [1.82, 2.24) is 0 Å². The van der Waals surface area contributed by atoms with Crippen molar-refractivity contribution in [3.63, 3.8) is 0 Å². The average Bonchev–Trinajstić information content (AvgIpc) is 2.79. The normalized spacial score (nSPS) is 11.8. The van der Waals surface area contributed by atoms with E-state index in [1.807, 2.05) is 12.1 Å². The lowest BCUT2D eigenvalue weighted by atomic mass is 10.1. The van der Waals surface area contributed by atoms with Gasteiger partial charge in [-0.15, -0.1) is 0 Å². The minimum Gasteiger partial charge on any atom is -0.491 e. The summed E-state index contributed by atoms with van der Waals surface area (Å²) in [6.07, 6.45) is 13.3. The van der Waals surface area contributed by atoms with E-state index in [0.717, 1.165) is 63.1 Å². The summed E-state index contributed by atoms with van der Waals surface area (Å²) >= 11 is 0. The van der Waals surface area contributed by atoms with Gasteiger partial charge in [0.15, 0.2) is 0 Å². The molecule has 0 radical (unpaired) electrons. The van der Waals surface area contributed by atoms with Crippen molar-refractivity contribution < 1.29 is 14.3 Å². The third kappa shape index (κ3) is 11.3. The topological polar surface area (TPSA) is 38.8 Å². The van der Waals surface area contributed by atoms with Crippen LogP contribution in [0.2, 0.25) is 0 Å². The van der Waals surface area contributed by atoms with Crippen LogP contribution in [0.25, 0.3) is 0 Å². The number of esters is 1. The van der Waals surface area contributed by atoms with Crippen LogP contribution in [0.3, 0.4) is 0 Å². The Hall–Kier alpha value is -2.49. The fourth-order valence-corrected chi connectivity index (χ4v) is 3.53. The van der Waals surface area contributed by atoms with Crippen LogP contribution in [0.15, 0.2) is 53.1 Å². The largest absolute Gasteiger partial charge is 0.491 e. The molecular formula is C29H45NO3. The van der Waals surface area contributed by atoms with E-state index >= 15 is 0 Å². The monoisotopic (exact) mass is 455 g/mol. The first-order valence-electron chi connectivity index (χ1n) is 12.4. The summed E-state index contributed by atoms with van der Waals surface area (Å²) < 4.78 is 10.9. The van der Waals surface area contributed by atoms with Crippen molar-refractivity contribution >= 4 is 11.7 Å². The standard InChI is InChI=1S/C29H45NO3/c1-8-19-30(20-18-25(6)15-11-14-24(5)13-10-12-23(3)4)27-22-26(29(31)32-7)16-17-28(27)33-21-9-2/h12,14,16-18,22H,8-11,13,15,19-21H2,1-7H3/b24-14+,25-18+. The van der Waals surface area contributed by atoms with Gasteiger partial charge in [0.1, 0.15) is 5.75 Å². The Labute approximate surface area is 202 Å². The molecule has 0 aliphatic rings. The highest BCUT2D eigenvalue weighted by Crippen LogP contribution is 2.31. The van der Waals surface area contributed by atoms with Crippen molar-refractivity contribution in [3.8, 4) is 5.75 Å². The molecule has 1 rings (SSSR count). The van der Waals surface area contributed by atoms with Gasteiger partial charge in [-0.1, -0.05) is 48.8 Å². The zero-order valence-corrected chi connectivity index (χ0v) is 22.0. The highest BCUT2D eigenvalue weighted by Gasteiger charge is 2.15. The van der Waals surface area contributed by atoms with E-state index in [1.165, 1.54) is 23.8 Å². The number of rotatable bonds is 15. The van der Waals surface area contributed by atoms with Crippen LogP contribution in [-0.2, 0) is 4.74 Å². The minimum atomic E-state index is -0.326. The number of allylic oxidation sites excluding steroid dienone is 5. The zero-order valence-electron chi connectivity index (χ0n) is 22.0. The van der Waals surface area contributed by atoms with Crippen molar-refractivity contribution in [2.45, 2.75) is 80.1 Å². The maximum absolute atomic E-state index is 12.1. The number of hydrogen-bond acceptors (Lipinski definition) is 4. The van der Waals surface area contributed by atoms with E-state index in [0.29, 0.717) is 12.2 Å². The first-order valence-corrected chi connectivity index (χ1v) is 12.4. The third-order valence-corrected chi connectivity index (χ3v) is 5.46. The molecule has 0 aliphatic heterocycles. The lowest BCUT2D eigenvalue weighted by molar-refractivity contribution is 0.0600. The Morgan fingerprint density at radius 3 is 2.21 bits per heavy atom. The summed E-state index contributed by atoms with van der Waals surface area (Å²) in [6.45, 7) is 15.3.